The zero-order chi connectivity index (χ0) is 15.6. The molecule has 118 valence electrons. The normalized spacial score (nSPS) is 23.1. The molecule has 1 atom stereocenters. The molecule has 0 bridgehead atoms. The summed E-state index contributed by atoms with van der Waals surface area (Å²) in [7, 11) is -3.63. The zero-order valence-corrected chi connectivity index (χ0v) is 13.3. The molecule has 0 spiro atoms. The molecule has 1 unspecified atom stereocenters. The lowest BCUT2D eigenvalue weighted by atomic mass is 10.1. The monoisotopic (exact) mass is 320 g/mol. The van der Waals surface area contributed by atoms with E-state index in [0.29, 0.717) is 19.0 Å². The van der Waals surface area contributed by atoms with Gasteiger partial charge in [-0.25, -0.2) is 8.42 Å². The van der Waals surface area contributed by atoms with Crippen LogP contribution in [0, 0.1) is 17.2 Å². The van der Waals surface area contributed by atoms with E-state index in [-0.39, 0.29) is 16.6 Å². The Morgan fingerprint density at radius 2 is 2.05 bits per heavy atom. The minimum atomic E-state index is -3.63. The highest BCUT2D eigenvalue weighted by Gasteiger charge is 2.33. The van der Waals surface area contributed by atoms with Gasteiger partial charge in [0.1, 0.15) is 6.07 Å². The molecular weight excluding hydrogens is 300 g/mol. The molecule has 1 aliphatic heterocycles. The van der Waals surface area contributed by atoms with Gasteiger partial charge in [-0.1, -0.05) is 12.1 Å². The van der Waals surface area contributed by atoms with E-state index in [1.54, 1.807) is 12.1 Å². The lowest BCUT2D eigenvalue weighted by Crippen LogP contribution is -2.43. The third-order valence-electron chi connectivity index (χ3n) is 4.23. The van der Waals surface area contributed by atoms with Gasteiger partial charge in [0.05, 0.1) is 16.6 Å². The van der Waals surface area contributed by atoms with Crippen LogP contribution < -0.4 is 0 Å². The Labute approximate surface area is 131 Å². The molecule has 1 aliphatic carbocycles. The van der Waals surface area contributed by atoms with Crippen molar-refractivity contribution in [2.24, 2.45) is 5.92 Å². The molecule has 1 aromatic rings. The first kappa shape index (κ1) is 15.5. The fraction of sp³-hybridized carbons (Fsp3) is 0.562. The highest BCUT2D eigenvalue weighted by molar-refractivity contribution is 7.89. The summed E-state index contributed by atoms with van der Waals surface area (Å²) in [6.07, 6.45) is 4.12. The molecule has 0 amide bonds. The number of hydrogen-bond acceptors (Lipinski definition) is 4. The first-order valence-electron chi connectivity index (χ1n) is 7.72. The van der Waals surface area contributed by atoms with E-state index in [2.05, 4.69) is 0 Å². The molecule has 0 aromatic heterocycles. The van der Waals surface area contributed by atoms with Crippen molar-refractivity contribution in [3.8, 4) is 6.07 Å². The minimum Gasteiger partial charge on any atom is -0.377 e. The second kappa shape index (κ2) is 6.37. The lowest BCUT2D eigenvalue weighted by molar-refractivity contribution is 0.0133. The van der Waals surface area contributed by atoms with Crippen molar-refractivity contribution < 1.29 is 13.2 Å². The van der Waals surface area contributed by atoms with Crippen molar-refractivity contribution in [1.82, 2.24) is 4.31 Å². The maximum atomic E-state index is 12.8. The minimum absolute atomic E-state index is 0.0293. The third-order valence-corrected chi connectivity index (χ3v) is 6.15. The number of ether oxygens (including phenoxy) is 1. The molecule has 0 radical (unpaired) electrons. The fourth-order valence-electron chi connectivity index (χ4n) is 2.74. The molecule has 22 heavy (non-hydrogen) atoms. The van der Waals surface area contributed by atoms with Gasteiger partial charge in [-0.05, 0) is 43.7 Å². The SMILES string of the molecule is N#Cc1ccccc1S(=O)(=O)N1CCCC(OCC2CC2)C1. The van der Waals surface area contributed by atoms with Crippen molar-refractivity contribution in [2.75, 3.05) is 19.7 Å². The average molecular weight is 320 g/mol. The summed E-state index contributed by atoms with van der Waals surface area (Å²) in [5, 5.41) is 9.13. The number of sulfonamides is 1. The van der Waals surface area contributed by atoms with Crippen LogP contribution in [-0.4, -0.2) is 38.5 Å². The van der Waals surface area contributed by atoms with Gasteiger partial charge in [0, 0.05) is 19.7 Å². The first-order valence-corrected chi connectivity index (χ1v) is 9.16. The number of piperidine rings is 1. The fourth-order valence-corrected chi connectivity index (χ4v) is 4.39. The van der Waals surface area contributed by atoms with Crippen LogP contribution in [0.4, 0.5) is 0 Å². The van der Waals surface area contributed by atoms with Crippen molar-refractivity contribution in [1.29, 1.82) is 5.26 Å². The van der Waals surface area contributed by atoms with Crippen LogP contribution in [0.3, 0.4) is 0 Å². The molecule has 1 heterocycles. The molecule has 0 N–H and O–H groups in total. The van der Waals surface area contributed by atoms with Crippen LogP contribution in [0.1, 0.15) is 31.2 Å². The van der Waals surface area contributed by atoms with E-state index >= 15 is 0 Å². The number of rotatable bonds is 5. The number of benzene rings is 1. The van der Waals surface area contributed by atoms with Crippen LogP contribution >= 0.6 is 0 Å². The second-order valence-electron chi connectivity index (χ2n) is 6.01. The Bertz CT molecular complexity index is 677. The summed E-state index contributed by atoms with van der Waals surface area (Å²) >= 11 is 0. The standard InChI is InChI=1S/C16H20N2O3S/c17-10-14-4-1-2-6-16(14)22(19,20)18-9-3-5-15(11-18)21-12-13-7-8-13/h1-2,4,6,13,15H,3,5,7-9,11-12H2. The maximum Gasteiger partial charge on any atom is 0.244 e. The van der Waals surface area contributed by atoms with Gasteiger partial charge in [-0.3, -0.25) is 0 Å². The van der Waals surface area contributed by atoms with E-state index in [0.717, 1.165) is 19.4 Å². The molecule has 2 aliphatic rings. The van der Waals surface area contributed by atoms with E-state index in [1.807, 2.05) is 6.07 Å². The Kier molecular flexibility index (Phi) is 4.48. The topological polar surface area (TPSA) is 70.4 Å². The average Bonchev–Trinajstić information content (AvgIpc) is 3.37. The molecule has 3 rings (SSSR count). The summed E-state index contributed by atoms with van der Waals surface area (Å²) in [5.74, 6) is 0.672. The van der Waals surface area contributed by atoms with Crippen LogP contribution in [-0.2, 0) is 14.8 Å². The van der Waals surface area contributed by atoms with Gasteiger partial charge in [-0.15, -0.1) is 0 Å². The van der Waals surface area contributed by atoms with Gasteiger partial charge in [0.25, 0.3) is 0 Å². The van der Waals surface area contributed by atoms with Gasteiger partial charge in [0.2, 0.25) is 10.0 Å². The van der Waals surface area contributed by atoms with Crippen LogP contribution in [0.25, 0.3) is 0 Å². The smallest absolute Gasteiger partial charge is 0.244 e. The Balaban J connectivity index is 1.74. The maximum absolute atomic E-state index is 12.8. The summed E-state index contributed by atoms with van der Waals surface area (Å²) in [6, 6.07) is 8.33. The predicted molar refractivity (Wildman–Crippen MR) is 81.6 cm³/mol. The summed E-state index contributed by atoms with van der Waals surface area (Å²) in [6.45, 7) is 1.62. The number of hydrogen-bond donors (Lipinski definition) is 0. The van der Waals surface area contributed by atoms with E-state index in [9.17, 15) is 8.42 Å². The van der Waals surface area contributed by atoms with Crippen LogP contribution in [0.2, 0.25) is 0 Å². The van der Waals surface area contributed by atoms with Crippen molar-refractivity contribution in [3.05, 3.63) is 29.8 Å². The van der Waals surface area contributed by atoms with Gasteiger partial charge < -0.3 is 4.74 Å². The third kappa shape index (κ3) is 3.32. The van der Waals surface area contributed by atoms with Crippen LogP contribution in [0.5, 0.6) is 0 Å². The van der Waals surface area contributed by atoms with Crippen LogP contribution in [0.15, 0.2) is 29.2 Å². The van der Waals surface area contributed by atoms with E-state index in [1.165, 1.54) is 29.3 Å². The molecular formula is C16H20N2O3S. The molecule has 1 saturated carbocycles. The first-order chi connectivity index (χ1) is 10.6. The Morgan fingerprint density at radius 1 is 1.27 bits per heavy atom. The van der Waals surface area contributed by atoms with Crippen molar-refractivity contribution in [3.63, 3.8) is 0 Å². The number of nitriles is 1. The molecule has 5 nitrogen and oxygen atoms in total. The van der Waals surface area contributed by atoms with Crippen molar-refractivity contribution in [2.45, 2.75) is 36.7 Å². The number of nitrogens with zero attached hydrogens (tertiary/aromatic N) is 2. The quantitative estimate of drug-likeness (QED) is 0.833. The van der Waals surface area contributed by atoms with E-state index < -0.39 is 10.0 Å². The molecule has 1 saturated heterocycles. The second-order valence-corrected chi connectivity index (χ2v) is 7.92. The summed E-state index contributed by atoms with van der Waals surface area (Å²) in [4.78, 5) is 0.0975. The molecule has 6 heteroatoms. The highest BCUT2D eigenvalue weighted by atomic mass is 32.2. The highest BCUT2D eigenvalue weighted by Crippen LogP contribution is 2.30. The lowest BCUT2D eigenvalue weighted by Gasteiger charge is -2.32. The Morgan fingerprint density at radius 3 is 2.77 bits per heavy atom. The largest absolute Gasteiger partial charge is 0.377 e. The summed E-state index contributed by atoms with van der Waals surface area (Å²) < 4.78 is 32.9. The zero-order valence-electron chi connectivity index (χ0n) is 12.4. The van der Waals surface area contributed by atoms with Gasteiger partial charge in [0.15, 0.2) is 0 Å². The van der Waals surface area contributed by atoms with E-state index in [4.69, 9.17) is 10.00 Å². The van der Waals surface area contributed by atoms with Crippen molar-refractivity contribution >= 4 is 10.0 Å². The summed E-state index contributed by atoms with van der Waals surface area (Å²) in [5.41, 5.74) is 0.198. The van der Waals surface area contributed by atoms with Gasteiger partial charge >= 0.3 is 0 Å². The van der Waals surface area contributed by atoms with Gasteiger partial charge in [-0.2, -0.15) is 9.57 Å². The molecule has 1 aromatic carbocycles. The molecule has 2 fully saturated rings. The predicted octanol–water partition coefficient (Wildman–Crippen LogP) is 2.14. The Hall–Kier alpha value is -1.42.